The number of alkyl halides is 1. The molecule has 2 heteroatoms. The summed E-state index contributed by atoms with van der Waals surface area (Å²) in [6.45, 7) is 6.73. The lowest BCUT2D eigenvalue weighted by molar-refractivity contribution is -0.0639. The highest BCUT2D eigenvalue weighted by Crippen LogP contribution is 2.40. The molecule has 0 aromatic carbocycles. The fourth-order valence-corrected chi connectivity index (χ4v) is 0.850. The van der Waals surface area contributed by atoms with Gasteiger partial charge in [0.25, 0.3) is 0 Å². The van der Waals surface area contributed by atoms with Crippen molar-refractivity contribution in [3.63, 3.8) is 0 Å². The Bertz CT molecular complexity index is 100. The maximum absolute atomic E-state index is 12.7. The van der Waals surface area contributed by atoms with E-state index in [1.165, 1.54) is 6.42 Å². The van der Waals surface area contributed by atoms with Gasteiger partial charge in [-0.05, 0) is 6.42 Å². The second-order valence-electron chi connectivity index (χ2n) is 2.94. The zero-order chi connectivity index (χ0) is 9.45. The van der Waals surface area contributed by atoms with Gasteiger partial charge in [0.1, 0.15) is 0 Å². The highest BCUT2D eigenvalue weighted by atomic mass is 19.2. The van der Waals surface area contributed by atoms with E-state index in [-0.39, 0.29) is 0 Å². The summed E-state index contributed by atoms with van der Waals surface area (Å²) in [6.07, 6.45) is 4.54. The zero-order valence-electron chi connectivity index (χ0n) is 8.53. The van der Waals surface area contributed by atoms with Gasteiger partial charge in [-0.3, -0.25) is 0 Å². The third-order valence-corrected chi connectivity index (χ3v) is 1.75. The summed E-state index contributed by atoms with van der Waals surface area (Å²) in [7, 11) is 0. The van der Waals surface area contributed by atoms with Crippen LogP contribution in [0.1, 0.15) is 52.9 Å². The Hall–Kier alpha value is -0.110. The lowest BCUT2D eigenvalue weighted by atomic mass is 10.3. The van der Waals surface area contributed by atoms with E-state index in [2.05, 4.69) is 6.92 Å². The van der Waals surface area contributed by atoms with Gasteiger partial charge in [0.15, 0.2) is 0 Å². The second-order valence-corrected chi connectivity index (χ2v) is 2.94. The summed E-state index contributed by atoms with van der Waals surface area (Å²) in [5, 5.41) is 0. The summed E-state index contributed by atoms with van der Waals surface area (Å²) in [5.74, 6) is -1.20. The first-order valence-electron chi connectivity index (χ1n) is 5.10. The molecule has 0 aromatic heterocycles. The molecule has 0 N–H and O–H groups in total. The average Bonchev–Trinajstić information content (AvgIpc) is 2.82. The molecule has 0 aromatic rings. The fourth-order valence-electron chi connectivity index (χ4n) is 0.850. The van der Waals surface area contributed by atoms with Crippen molar-refractivity contribution < 1.29 is 9.13 Å². The Morgan fingerprint density at radius 2 is 1.83 bits per heavy atom. The van der Waals surface area contributed by atoms with Crippen LogP contribution in [0.4, 0.5) is 4.39 Å². The molecule has 1 fully saturated rings. The van der Waals surface area contributed by atoms with Crippen LogP contribution in [0.2, 0.25) is 0 Å². The minimum atomic E-state index is -1.20. The summed E-state index contributed by atoms with van der Waals surface area (Å²) in [4.78, 5) is 0. The van der Waals surface area contributed by atoms with Gasteiger partial charge in [-0.15, -0.1) is 0 Å². The van der Waals surface area contributed by atoms with E-state index in [1.54, 1.807) is 0 Å². The Labute approximate surface area is 75.3 Å². The predicted octanol–water partition coefficient (Wildman–Crippen LogP) is 3.68. The topological polar surface area (TPSA) is 9.23 Å². The molecule has 1 saturated carbocycles. The molecule has 0 aliphatic heterocycles. The minimum Gasteiger partial charge on any atom is -0.346 e. The number of halogens is 1. The van der Waals surface area contributed by atoms with Crippen LogP contribution >= 0.6 is 0 Å². The summed E-state index contributed by atoms with van der Waals surface area (Å²) in [5.41, 5.74) is 0. The van der Waals surface area contributed by atoms with E-state index in [9.17, 15) is 4.39 Å². The van der Waals surface area contributed by atoms with E-state index >= 15 is 0 Å². The van der Waals surface area contributed by atoms with Gasteiger partial charge < -0.3 is 4.74 Å². The van der Waals surface area contributed by atoms with Crippen molar-refractivity contribution in [3.05, 3.63) is 0 Å². The number of hydrogen-bond donors (Lipinski definition) is 0. The van der Waals surface area contributed by atoms with E-state index in [0.717, 1.165) is 12.8 Å². The summed E-state index contributed by atoms with van der Waals surface area (Å²) < 4.78 is 17.7. The molecule has 74 valence electrons. The first kappa shape index (κ1) is 11.9. The van der Waals surface area contributed by atoms with Crippen molar-refractivity contribution in [1.29, 1.82) is 0 Å². The van der Waals surface area contributed by atoms with Crippen LogP contribution < -0.4 is 0 Å². The predicted molar refractivity (Wildman–Crippen MR) is 49.9 cm³/mol. The van der Waals surface area contributed by atoms with Crippen LogP contribution in [0.5, 0.6) is 0 Å². The first-order valence-corrected chi connectivity index (χ1v) is 5.10. The summed E-state index contributed by atoms with van der Waals surface area (Å²) >= 11 is 0. The van der Waals surface area contributed by atoms with Crippen molar-refractivity contribution >= 4 is 0 Å². The van der Waals surface area contributed by atoms with E-state index in [0.29, 0.717) is 19.4 Å². The third kappa shape index (κ3) is 5.53. The molecule has 0 saturated heterocycles. The average molecular weight is 176 g/mol. The molecule has 1 aliphatic carbocycles. The van der Waals surface area contributed by atoms with Gasteiger partial charge in [-0.2, -0.15) is 0 Å². The molecular weight excluding hydrogens is 155 g/mol. The maximum Gasteiger partial charge on any atom is 0.209 e. The highest BCUT2D eigenvalue weighted by molar-refractivity contribution is 4.83. The molecule has 0 radical (unpaired) electrons. The molecule has 0 atom stereocenters. The van der Waals surface area contributed by atoms with Crippen molar-refractivity contribution in [3.8, 4) is 0 Å². The SMILES string of the molecule is CC.CCCCCOC1(F)CC1. The second kappa shape index (κ2) is 6.41. The van der Waals surface area contributed by atoms with Crippen LogP contribution in [-0.4, -0.2) is 12.5 Å². The van der Waals surface area contributed by atoms with Gasteiger partial charge >= 0.3 is 0 Å². The number of unbranched alkanes of at least 4 members (excludes halogenated alkanes) is 2. The number of ether oxygens (including phenoxy) is 1. The standard InChI is InChI=1S/C8H15FO.C2H6/c1-2-3-4-7-10-8(9)5-6-8;1-2/h2-7H2,1H3;1-2H3. The van der Waals surface area contributed by atoms with Crippen molar-refractivity contribution in [2.75, 3.05) is 6.61 Å². The molecule has 1 aliphatic rings. The number of rotatable bonds is 5. The van der Waals surface area contributed by atoms with E-state index in [1.807, 2.05) is 13.8 Å². The molecule has 0 spiro atoms. The largest absolute Gasteiger partial charge is 0.346 e. The van der Waals surface area contributed by atoms with Gasteiger partial charge in [0.05, 0.1) is 6.61 Å². The smallest absolute Gasteiger partial charge is 0.209 e. The first-order chi connectivity index (χ1) is 5.77. The number of hydrogen-bond acceptors (Lipinski definition) is 1. The zero-order valence-corrected chi connectivity index (χ0v) is 8.53. The third-order valence-electron chi connectivity index (χ3n) is 1.75. The lowest BCUT2D eigenvalue weighted by Crippen LogP contribution is -2.07. The lowest BCUT2D eigenvalue weighted by Gasteiger charge is -2.05. The molecule has 0 heterocycles. The molecule has 0 bridgehead atoms. The van der Waals surface area contributed by atoms with Crippen LogP contribution in [-0.2, 0) is 4.74 Å². The van der Waals surface area contributed by atoms with Crippen molar-refractivity contribution in [2.45, 2.75) is 58.7 Å². The van der Waals surface area contributed by atoms with E-state index < -0.39 is 5.85 Å². The van der Waals surface area contributed by atoms with Gasteiger partial charge in [0.2, 0.25) is 5.85 Å². The Morgan fingerprint density at radius 1 is 1.25 bits per heavy atom. The molecule has 1 nitrogen and oxygen atoms in total. The normalized spacial score (nSPS) is 18.0. The molecule has 0 unspecified atom stereocenters. The maximum atomic E-state index is 12.7. The van der Waals surface area contributed by atoms with Crippen molar-refractivity contribution in [1.82, 2.24) is 0 Å². The molecule has 12 heavy (non-hydrogen) atoms. The Balaban J connectivity index is 0.000000561. The Kier molecular flexibility index (Phi) is 6.35. The van der Waals surface area contributed by atoms with Gasteiger partial charge in [-0.25, -0.2) is 4.39 Å². The molecule has 1 rings (SSSR count). The van der Waals surface area contributed by atoms with Crippen LogP contribution in [0.25, 0.3) is 0 Å². The minimum absolute atomic E-state index is 0.602. The van der Waals surface area contributed by atoms with Crippen LogP contribution in [0.3, 0.4) is 0 Å². The quantitative estimate of drug-likeness (QED) is 0.581. The van der Waals surface area contributed by atoms with Crippen LogP contribution in [0, 0.1) is 0 Å². The monoisotopic (exact) mass is 176 g/mol. The highest BCUT2D eigenvalue weighted by Gasteiger charge is 2.44. The molecular formula is C10H21FO. The summed E-state index contributed by atoms with van der Waals surface area (Å²) in [6, 6.07) is 0. The fraction of sp³-hybridized carbons (Fsp3) is 1.00. The Morgan fingerprint density at radius 3 is 2.25 bits per heavy atom. The van der Waals surface area contributed by atoms with Gasteiger partial charge in [0, 0.05) is 12.8 Å². The molecule has 0 amide bonds. The van der Waals surface area contributed by atoms with E-state index in [4.69, 9.17) is 4.74 Å². The van der Waals surface area contributed by atoms with Crippen molar-refractivity contribution in [2.24, 2.45) is 0 Å². The van der Waals surface area contributed by atoms with Crippen LogP contribution in [0.15, 0.2) is 0 Å². The van der Waals surface area contributed by atoms with Gasteiger partial charge in [-0.1, -0.05) is 33.6 Å².